The van der Waals surface area contributed by atoms with Gasteiger partial charge >= 0.3 is 0 Å². The van der Waals surface area contributed by atoms with Gasteiger partial charge in [-0.2, -0.15) is 0 Å². The Morgan fingerprint density at radius 1 is 1.08 bits per heavy atom. The van der Waals surface area contributed by atoms with E-state index in [1.807, 2.05) is 44.2 Å². The molecule has 6 nitrogen and oxygen atoms in total. The minimum Gasteiger partial charge on any atom is -0.368 e. The normalized spacial score (nSPS) is 11.9. The van der Waals surface area contributed by atoms with Crippen LogP contribution in [0.25, 0.3) is 11.0 Å². The van der Waals surface area contributed by atoms with E-state index in [-0.39, 0.29) is 12.3 Å². The molecule has 1 atom stereocenters. The lowest BCUT2D eigenvalue weighted by Crippen LogP contribution is -2.46. The van der Waals surface area contributed by atoms with Gasteiger partial charge in [0.25, 0.3) is 5.91 Å². The topological polar surface area (TPSA) is 98.0 Å². The molecule has 132 valence electrons. The third-order valence-corrected chi connectivity index (χ3v) is 4.04. The number of primary amides is 1. The van der Waals surface area contributed by atoms with Gasteiger partial charge in [-0.1, -0.05) is 29.3 Å². The first-order valence-corrected chi connectivity index (χ1v) is 8.31. The Morgan fingerprint density at radius 3 is 2.38 bits per heavy atom. The second-order valence-corrected chi connectivity index (χ2v) is 6.36. The molecule has 26 heavy (non-hydrogen) atoms. The summed E-state index contributed by atoms with van der Waals surface area (Å²) in [7, 11) is 0. The second kappa shape index (κ2) is 7.31. The van der Waals surface area contributed by atoms with Gasteiger partial charge in [0, 0.05) is 18.2 Å². The minimum atomic E-state index is -0.862. The van der Waals surface area contributed by atoms with Crippen molar-refractivity contribution in [3.05, 3.63) is 71.0 Å². The number of aryl methyl sites for hydroxylation is 2. The van der Waals surface area contributed by atoms with Crippen LogP contribution < -0.4 is 11.1 Å². The highest BCUT2D eigenvalue weighted by molar-refractivity contribution is 5.97. The molecule has 2 amide bonds. The molecule has 0 saturated carbocycles. The first-order valence-electron chi connectivity index (χ1n) is 8.31. The molecule has 0 aliphatic heterocycles. The van der Waals surface area contributed by atoms with Crippen molar-refractivity contribution in [2.75, 3.05) is 0 Å². The molecule has 0 bridgehead atoms. The monoisotopic (exact) mass is 348 g/mol. The number of carbonyl (C=O) groups excluding carboxylic acids is 2. The summed E-state index contributed by atoms with van der Waals surface area (Å²) in [4.78, 5) is 33.1. The van der Waals surface area contributed by atoms with Gasteiger partial charge in [0.05, 0.1) is 16.7 Å². The van der Waals surface area contributed by atoms with E-state index >= 15 is 0 Å². The molecule has 6 heteroatoms. The van der Waals surface area contributed by atoms with E-state index in [9.17, 15) is 9.59 Å². The van der Waals surface area contributed by atoms with Crippen LogP contribution in [0.15, 0.2) is 48.7 Å². The highest BCUT2D eigenvalue weighted by atomic mass is 16.2. The van der Waals surface area contributed by atoms with Gasteiger partial charge in [-0.15, -0.1) is 0 Å². The van der Waals surface area contributed by atoms with Gasteiger partial charge in [-0.05, 0) is 38.1 Å². The summed E-state index contributed by atoms with van der Waals surface area (Å²) in [5.41, 5.74) is 10.0. The number of para-hydroxylation sites is 2. The van der Waals surface area contributed by atoms with E-state index < -0.39 is 11.9 Å². The van der Waals surface area contributed by atoms with Crippen LogP contribution in [0.4, 0.5) is 0 Å². The predicted octanol–water partition coefficient (Wildman–Crippen LogP) is 2.07. The number of nitrogens with two attached hydrogens (primary N) is 1. The molecular formula is C20H20N4O2. The fourth-order valence-electron chi connectivity index (χ4n) is 2.87. The van der Waals surface area contributed by atoms with Crippen molar-refractivity contribution in [1.82, 2.24) is 15.3 Å². The molecule has 3 aromatic rings. The number of hydrogen-bond donors (Lipinski definition) is 2. The number of rotatable bonds is 5. The van der Waals surface area contributed by atoms with Crippen LogP contribution in [-0.2, 0) is 11.2 Å². The van der Waals surface area contributed by atoms with Crippen molar-refractivity contribution in [2.24, 2.45) is 5.73 Å². The summed E-state index contributed by atoms with van der Waals surface area (Å²) in [6.45, 7) is 3.83. The summed E-state index contributed by atoms with van der Waals surface area (Å²) >= 11 is 0. The summed E-state index contributed by atoms with van der Waals surface area (Å²) < 4.78 is 0. The SMILES string of the molecule is Cc1cc(C)cc(C(=O)N[C@H](Cc2cnc3ccccc3n2)C(N)=O)c1. The molecule has 0 radical (unpaired) electrons. The third-order valence-electron chi connectivity index (χ3n) is 4.04. The Labute approximate surface area is 151 Å². The third kappa shape index (κ3) is 4.03. The molecule has 0 fully saturated rings. The van der Waals surface area contributed by atoms with E-state index in [0.29, 0.717) is 11.3 Å². The average Bonchev–Trinajstić information content (AvgIpc) is 2.60. The van der Waals surface area contributed by atoms with Gasteiger partial charge in [0.15, 0.2) is 0 Å². The molecule has 1 aromatic heterocycles. The summed E-state index contributed by atoms with van der Waals surface area (Å²) in [6, 6.07) is 12.1. The molecule has 2 aromatic carbocycles. The zero-order valence-corrected chi connectivity index (χ0v) is 14.7. The number of nitrogens with one attached hydrogen (secondary N) is 1. The van der Waals surface area contributed by atoms with E-state index in [4.69, 9.17) is 5.73 Å². The van der Waals surface area contributed by atoms with Crippen LogP contribution in [-0.4, -0.2) is 27.8 Å². The van der Waals surface area contributed by atoms with Gasteiger partial charge in [-0.25, -0.2) is 4.98 Å². The Balaban J connectivity index is 1.80. The predicted molar refractivity (Wildman–Crippen MR) is 99.6 cm³/mol. The van der Waals surface area contributed by atoms with Crippen molar-refractivity contribution in [2.45, 2.75) is 26.3 Å². The Bertz CT molecular complexity index is 964. The number of fused-ring (bicyclic) bond motifs is 1. The number of aromatic nitrogens is 2. The zero-order valence-electron chi connectivity index (χ0n) is 14.7. The Hall–Kier alpha value is -3.28. The standard InChI is InChI=1S/C20H20N4O2/c1-12-7-13(2)9-14(8-12)20(26)24-18(19(21)25)10-15-11-22-16-5-3-4-6-17(16)23-15/h3-9,11,18H,10H2,1-2H3,(H2,21,25)(H,24,26)/t18-/m1/s1. The molecule has 0 saturated heterocycles. The molecule has 0 aliphatic rings. The highest BCUT2D eigenvalue weighted by Gasteiger charge is 2.20. The summed E-state index contributed by atoms with van der Waals surface area (Å²) in [6.07, 6.45) is 1.78. The quantitative estimate of drug-likeness (QED) is 0.737. The summed E-state index contributed by atoms with van der Waals surface area (Å²) in [5, 5.41) is 2.70. The van der Waals surface area contributed by atoms with Crippen molar-refractivity contribution in [1.29, 1.82) is 0 Å². The van der Waals surface area contributed by atoms with Crippen molar-refractivity contribution < 1.29 is 9.59 Å². The number of nitrogens with zero attached hydrogens (tertiary/aromatic N) is 2. The van der Waals surface area contributed by atoms with Crippen LogP contribution in [0, 0.1) is 13.8 Å². The van der Waals surface area contributed by atoms with Crippen LogP contribution in [0.1, 0.15) is 27.2 Å². The lowest BCUT2D eigenvalue weighted by atomic mass is 10.1. The number of carbonyl (C=O) groups is 2. The fraction of sp³-hybridized carbons (Fsp3) is 0.200. The Morgan fingerprint density at radius 2 is 1.73 bits per heavy atom. The number of benzene rings is 2. The molecule has 3 N–H and O–H groups in total. The second-order valence-electron chi connectivity index (χ2n) is 6.36. The molecule has 3 rings (SSSR count). The van der Waals surface area contributed by atoms with Crippen LogP contribution in [0.2, 0.25) is 0 Å². The summed E-state index contributed by atoms with van der Waals surface area (Å²) in [5.74, 6) is -0.952. The maximum absolute atomic E-state index is 12.5. The van der Waals surface area contributed by atoms with Crippen LogP contribution in [0.5, 0.6) is 0 Å². The van der Waals surface area contributed by atoms with Gasteiger partial charge < -0.3 is 11.1 Å². The maximum Gasteiger partial charge on any atom is 0.251 e. The lowest BCUT2D eigenvalue weighted by Gasteiger charge is -2.16. The van der Waals surface area contributed by atoms with E-state index in [1.165, 1.54) is 0 Å². The van der Waals surface area contributed by atoms with Crippen LogP contribution in [0.3, 0.4) is 0 Å². The molecule has 1 heterocycles. The molecule has 0 unspecified atom stereocenters. The van der Waals surface area contributed by atoms with Crippen LogP contribution >= 0.6 is 0 Å². The van der Waals surface area contributed by atoms with E-state index in [0.717, 1.165) is 22.2 Å². The largest absolute Gasteiger partial charge is 0.368 e. The number of hydrogen-bond acceptors (Lipinski definition) is 4. The van der Waals surface area contributed by atoms with E-state index in [2.05, 4.69) is 15.3 Å². The van der Waals surface area contributed by atoms with Gasteiger partial charge in [0.1, 0.15) is 6.04 Å². The molecular weight excluding hydrogens is 328 g/mol. The van der Waals surface area contributed by atoms with Crippen molar-refractivity contribution >= 4 is 22.8 Å². The fourth-order valence-corrected chi connectivity index (χ4v) is 2.87. The maximum atomic E-state index is 12.5. The average molecular weight is 348 g/mol. The first kappa shape index (κ1) is 17.5. The lowest BCUT2D eigenvalue weighted by molar-refractivity contribution is -0.119. The Kier molecular flexibility index (Phi) is 4.93. The smallest absolute Gasteiger partial charge is 0.251 e. The zero-order chi connectivity index (χ0) is 18.7. The molecule has 0 spiro atoms. The minimum absolute atomic E-state index is 0.184. The molecule has 0 aliphatic carbocycles. The van der Waals surface area contributed by atoms with Gasteiger partial charge in [-0.3, -0.25) is 14.6 Å². The van der Waals surface area contributed by atoms with Crippen molar-refractivity contribution in [3.8, 4) is 0 Å². The van der Waals surface area contributed by atoms with Gasteiger partial charge in [0.2, 0.25) is 5.91 Å². The first-order chi connectivity index (χ1) is 12.4. The van der Waals surface area contributed by atoms with Crippen molar-refractivity contribution in [3.63, 3.8) is 0 Å². The number of amides is 2. The highest BCUT2D eigenvalue weighted by Crippen LogP contribution is 2.11. The van der Waals surface area contributed by atoms with E-state index in [1.54, 1.807) is 18.3 Å².